The van der Waals surface area contributed by atoms with Gasteiger partial charge in [-0.3, -0.25) is 0 Å². The zero-order valence-electron chi connectivity index (χ0n) is 11.5. The van der Waals surface area contributed by atoms with Gasteiger partial charge >= 0.3 is 6.18 Å². The van der Waals surface area contributed by atoms with E-state index in [1.54, 1.807) is 0 Å². The summed E-state index contributed by atoms with van der Waals surface area (Å²) in [5.74, 6) is 0.381. The standard InChI is InChI=1S/C15H20F3NO/c1-10-6-7-14(8-10,9-19)13(20)11-4-2-3-5-12(11)15(16,17)18/h2-5,10,13,20H,6-9,19H2,1H3. The molecule has 0 saturated heterocycles. The van der Waals surface area contributed by atoms with Gasteiger partial charge in [0.1, 0.15) is 0 Å². The molecule has 112 valence electrons. The number of benzene rings is 1. The Morgan fingerprint density at radius 1 is 1.40 bits per heavy atom. The third kappa shape index (κ3) is 2.69. The van der Waals surface area contributed by atoms with Gasteiger partial charge in [0.2, 0.25) is 0 Å². The van der Waals surface area contributed by atoms with Crippen molar-refractivity contribution in [2.75, 3.05) is 6.54 Å². The minimum Gasteiger partial charge on any atom is -0.388 e. The number of aliphatic hydroxyl groups excluding tert-OH is 1. The highest BCUT2D eigenvalue weighted by atomic mass is 19.4. The molecule has 0 spiro atoms. The molecule has 2 nitrogen and oxygen atoms in total. The second-order valence-electron chi connectivity index (χ2n) is 5.90. The first-order valence-corrected chi connectivity index (χ1v) is 6.84. The zero-order chi connectivity index (χ0) is 15.0. The first kappa shape index (κ1) is 15.3. The van der Waals surface area contributed by atoms with Gasteiger partial charge in [0, 0.05) is 12.0 Å². The Morgan fingerprint density at radius 2 is 2.05 bits per heavy atom. The van der Waals surface area contributed by atoms with Crippen LogP contribution in [0.25, 0.3) is 0 Å². The van der Waals surface area contributed by atoms with Crippen molar-refractivity contribution >= 4 is 0 Å². The van der Waals surface area contributed by atoms with Crippen LogP contribution >= 0.6 is 0 Å². The second kappa shape index (κ2) is 5.37. The van der Waals surface area contributed by atoms with Gasteiger partial charge in [-0.2, -0.15) is 13.2 Å². The van der Waals surface area contributed by atoms with Gasteiger partial charge in [-0.25, -0.2) is 0 Å². The molecule has 1 aromatic carbocycles. The summed E-state index contributed by atoms with van der Waals surface area (Å²) < 4.78 is 39.2. The van der Waals surface area contributed by atoms with Crippen LogP contribution < -0.4 is 5.73 Å². The quantitative estimate of drug-likeness (QED) is 0.893. The van der Waals surface area contributed by atoms with E-state index in [-0.39, 0.29) is 12.1 Å². The molecule has 3 atom stereocenters. The SMILES string of the molecule is CC1CCC(CN)(C(O)c2ccccc2C(F)(F)F)C1. The topological polar surface area (TPSA) is 46.2 Å². The lowest BCUT2D eigenvalue weighted by atomic mass is 9.75. The summed E-state index contributed by atoms with van der Waals surface area (Å²) in [5.41, 5.74) is 4.33. The van der Waals surface area contributed by atoms with Crippen LogP contribution in [0.2, 0.25) is 0 Å². The van der Waals surface area contributed by atoms with Crippen molar-refractivity contribution in [1.82, 2.24) is 0 Å². The third-order valence-electron chi connectivity index (χ3n) is 4.44. The second-order valence-corrected chi connectivity index (χ2v) is 5.90. The summed E-state index contributed by atoms with van der Waals surface area (Å²) >= 11 is 0. The van der Waals surface area contributed by atoms with Crippen LogP contribution in [0.5, 0.6) is 0 Å². The molecule has 1 fully saturated rings. The highest BCUT2D eigenvalue weighted by Crippen LogP contribution is 2.50. The smallest absolute Gasteiger partial charge is 0.388 e. The van der Waals surface area contributed by atoms with Gasteiger partial charge in [0.15, 0.2) is 0 Å². The van der Waals surface area contributed by atoms with E-state index in [0.29, 0.717) is 18.8 Å². The Balaban J connectivity index is 2.41. The maximum atomic E-state index is 13.1. The summed E-state index contributed by atoms with van der Waals surface area (Å²) in [5, 5.41) is 10.6. The van der Waals surface area contributed by atoms with E-state index in [2.05, 4.69) is 0 Å². The van der Waals surface area contributed by atoms with Gasteiger partial charge in [0.25, 0.3) is 0 Å². The van der Waals surface area contributed by atoms with Crippen molar-refractivity contribution in [3.05, 3.63) is 35.4 Å². The third-order valence-corrected chi connectivity index (χ3v) is 4.44. The van der Waals surface area contributed by atoms with Crippen LogP contribution in [-0.4, -0.2) is 11.7 Å². The predicted octanol–water partition coefficient (Wildman–Crippen LogP) is 3.50. The average molecular weight is 287 g/mol. The number of rotatable bonds is 3. The Bertz CT molecular complexity index is 474. The molecule has 1 saturated carbocycles. The molecule has 0 aliphatic heterocycles. The van der Waals surface area contributed by atoms with E-state index in [4.69, 9.17) is 5.73 Å². The van der Waals surface area contributed by atoms with Crippen molar-refractivity contribution in [3.8, 4) is 0 Å². The van der Waals surface area contributed by atoms with Gasteiger partial charge < -0.3 is 10.8 Å². The Hall–Kier alpha value is -1.07. The molecule has 5 heteroatoms. The van der Waals surface area contributed by atoms with Crippen LogP contribution in [0.15, 0.2) is 24.3 Å². The van der Waals surface area contributed by atoms with Crippen molar-refractivity contribution in [1.29, 1.82) is 0 Å². The minimum absolute atomic E-state index is 0.0560. The molecule has 1 aliphatic rings. The van der Waals surface area contributed by atoms with Crippen LogP contribution in [0, 0.1) is 11.3 Å². The largest absolute Gasteiger partial charge is 0.416 e. The van der Waals surface area contributed by atoms with E-state index in [0.717, 1.165) is 12.5 Å². The van der Waals surface area contributed by atoms with Crippen LogP contribution in [0.1, 0.15) is 43.4 Å². The van der Waals surface area contributed by atoms with Gasteiger partial charge in [-0.15, -0.1) is 0 Å². The van der Waals surface area contributed by atoms with E-state index in [1.165, 1.54) is 18.2 Å². The van der Waals surface area contributed by atoms with Crippen LogP contribution in [0.3, 0.4) is 0 Å². The summed E-state index contributed by atoms with van der Waals surface area (Å²) in [7, 11) is 0. The molecule has 3 unspecified atom stereocenters. The average Bonchev–Trinajstić information content (AvgIpc) is 2.80. The summed E-state index contributed by atoms with van der Waals surface area (Å²) in [6.07, 6.45) is -3.41. The summed E-state index contributed by atoms with van der Waals surface area (Å²) in [6.45, 7) is 2.24. The Labute approximate surface area is 116 Å². The summed E-state index contributed by atoms with van der Waals surface area (Å²) in [4.78, 5) is 0. The predicted molar refractivity (Wildman–Crippen MR) is 70.9 cm³/mol. The molecule has 0 aromatic heterocycles. The highest BCUT2D eigenvalue weighted by molar-refractivity contribution is 5.33. The number of hydrogen-bond acceptors (Lipinski definition) is 2. The van der Waals surface area contributed by atoms with E-state index in [1.807, 2.05) is 6.92 Å². The van der Waals surface area contributed by atoms with Crippen molar-refractivity contribution in [2.24, 2.45) is 17.1 Å². The monoisotopic (exact) mass is 287 g/mol. The fourth-order valence-electron chi connectivity index (χ4n) is 3.30. The number of nitrogens with two attached hydrogens (primary N) is 1. The van der Waals surface area contributed by atoms with Gasteiger partial charge in [0.05, 0.1) is 11.7 Å². The lowest BCUT2D eigenvalue weighted by Crippen LogP contribution is -2.35. The Morgan fingerprint density at radius 3 is 2.55 bits per heavy atom. The first-order valence-electron chi connectivity index (χ1n) is 6.84. The molecule has 1 aromatic rings. The Kier molecular flexibility index (Phi) is 4.12. The van der Waals surface area contributed by atoms with Crippen molar-refractivity contribution in [3.63, 3.8) is 0 Å². The molecular weight excluding hydrogens is 267 g/mol. The normalized spacial score (nSPS) is 28.6. The number of alkyl halides is 3. The zero-order valence-corrected chi connectivity index (χ0v) is 11.5. The molecule has 0 bridgehead atoms. The van der Waals surface area contributed by atoms with Gasteiger partial charge in [-0.05, 0) is 30.4 Å². The van der Waals surface area contributed by atoms with Crippen molar-refractivity contribution in [2.45, 2.75) is 38.5 Å². The maximum absolute atomic E-state index is 13.1. The van der Waals surface area contributed by atoms with E-state index >= 15 is 0 Å². The molecular formula is C15H20F3NO. The molecule has 3 N–H and O–H groups in total. The molecule has 0 radical (unpaired) electrons. The lowest BCUT2D eigenvalue weighted by Gasteiger charge is -2.34. The highest BCUT2D eigenvalue weighted by Gasteiger charge is 2.45. The molecule has 0 amide bonds. The number of hydrogen-bond donors (Lipinski definition) is 2. The van der Waals surface area contributed by atoms with Crippen LogP contribution in [0.4, 0.5) is 13.2 Å². The molecule has 2 rings (SSSR count). The molecule has 0 heterocycles. The lowest BCUT2D eigenvalue weighted by molar-refractivity contribution is -0.140. The molecule has 1 aliphatic carbocycles. The van der Waals surface area contributed by atoms with Crippen LogP contribution in [-0.2, 0) is 6.18 Å². The fourth-order valence-corrected chi connectivity index (χ4v) is 3.30. The van der Waals surface area contributed by atoms with E-state index < -0.39 is 23.3 Å². The maximum Gasteiger partial charge on any atom is 0.416 e. The summed E-state index contributed by atoms with van der Waals surface area (Å²) in [6, 6.07) is 5.23. The number of halogens is 3. The molecule has 20 heavy (non-hydrogen) atoms. The van der Waals surface area contributed by atoms with Crippen molar-refractivity contribution < 1.29 is 18.3 Å². The number of aliphatic hydroxyl groups is 1. The van der Waals surface area contributed by atoms with E-state index in [9.17, 15) is 18.3 Å². The fraction of sp³-hybridized carbons (Fsp3) is 0.600. The minimum atomic E-state index is -4.46. The first-order chi connectivity index (χ1) is 9.30. The van der Waals surface area contributed by atoms with Gasteiger partial charge in [-0.1, -0.05) is 31.5 Å².